The molecule has 0 unspecified atom stereocenters. The third-order valence-electron chi connectivity index (χ3n) is 1.51. The van der Waals surface area contributed by atoms with E-state index in [9.17, 15) is 9.18 Å². The SMILES string of the molecule is COC(=O)c1ccc(F)cc1NO. The standard InChI is InChI=1S/C8H8FNO3/c1-13-8(11)6-3-2-5(9)4-7(6)10-12/h2-4,10,12H,1H3. The molecule has 13 heavy (non-hydrogen) atoms. The molecule has 0 heterocycles. The van der Waals surface area contributed by atoms with Crippen molar-refractivity contribution in [1.29, 1.82) is 0 Å². The zero-order valence-electron chi connectivity index (χ0n) is 6.87. The first-order chi connectivity index (χ1) is 6.19. The lowest BCUT2D eigenvalue weighted by molar-refractivity contribution is 0.0601. The van der Waals surface area contributed by atoms with Crippen LogP contribution in [0.1, 0.15) is 10.4 Å². The summed E-state index contributed by atoms with van der Waals surface area (Å²) in [5.74, 6) is -1.19. The Kier molecular flexibility index (Phi) is 2.81. The van der Waals surface area contributed by atoms with E-state index in [1.165, 1.54) is 13.2 Å². The molecule has 0 saturated heterocycles. The van der Waals surface area contributed by atoms with E-state index < -0.39 is 11.8 Å². The maximum atomic E-state index is 12.6. The van der Waals surface area contributed by atoms with Crippen LogP contribution in [0.2, 0.25) is 0 Å². The summed E-state index contributed by atoms with van der Waals surface area (Å²) < 4.78 is 17.0. The number of anilines is 1. The molecular weight excluding hydrogens is 177 g/mol. The van der Waals surface area contributed by atoms with E-state index in [-0.39, 0.29) is 11.3 Å². The topological polar surface area (TPSA) is 58.6 Å². The Morgan fingerprint density at radius 2 is 2.31 bits per heavy atom. The number of methoxy groups -OCH3 is 1. The molecule has 0 aliphatic rings. The minimum atomic E-state index is -0.642. The van der Waals surface area contributed by atoms with Crippen molar-refractivity contribution in [3.05, 3.63) is 29.6 Å². The summed E-state index contributed by atoms with van der Waals surface area (Å²) in [6, 6.07) is 3.32. The summed E-state index contributed by atoms with van der Waals surface area (Å²) >= 11 is 0. The van der Waals surface area contributed by atoms with Crippen molar-refractivity contribution >= 4 is 11.7 Å². The second-order valence-corrected chi connectivity index (χ2v) is 2.29. The normalized spacial score (nSPS) is 9.46. The summed E-state index contributed by atoms with van der Waals surface area (Å²) in [6.45, 7) is 0. The van der Waals surface area contributed by atoms with Gasteiger partial charge in [-0.1, -0.05) is 0 Å². The molecule has 4 nitrogen and oxygen atoms in total. The monoisotopic (exact) mass is 185 g/mol. The smallest absolute Gasteiger partial charge is 0.340 e. The fraction of sp³-hybridized carbons (Fsp3) is 0.125. The number of benzene rings is 1. The second-order valence-electron chi connectivity index (χ2n) is 2.29. The van der Waals surface area contributed by atoms with E-state index in [1.54, 1.807) is 5.48 Å². The van der Waals surface area contributed by atoms with Crippen LogP contribution in [0.3, 0.4) is 0 Å². The molecule has 0 saturated carbocycles. The Labute approximate surface area is 73.9 Å². The van der Waals surface area contributed by atoms with Gasteiger partial charge in [-0.25, -0.2) is 9.18 Å². The number of nitrogens with one attached hydrogen (secondary N) is 1. The molecule has 1 rings (SSSR count). The van der Waals surface area contributed by atoms with Crippen LogP contribution >= 0.6 is 0 Å². The fourth-order valence-electron chi connectivity index (χ4n) is 0.897. The minimum Gasteiger partial charge on any atom is -0.465 e. The van der Waals surface area contributed by atoms with Gasteiger partial charge in [0.25, 0.3) is 0 Å². The molecular formula is C8H8FNO3. The van der Waals surface area contributed by atoms with E-state index >= 15 is 0 Å². The maximum Gasteiger partial charge on any atom is 0.340 e. The molecule has 70 valence electrons. The number of carbonyl (C=O) groups excluding carboxylic acids is 1. The highest BCUT2D eigenvalue weighted by Crippen LogP contribution is 2.16. The predicted octanol–water partition coefficient (Wildman–Crippen LogP) is 1.41. The predicted molar refractivity (Wildman–Crippen MR) is 43.1 cm³/mol. The lowest BCUT2D eigenvalue weighted by atomic mass is 10.2. The van der Waals surface area contributed by atoms with Gasteiger partial charge in [0.1, 0.15) is 5.82 Å². The van der Waals surface area contributed by atoms with Crippen LogP contribution in [0, 0.1) is 5.82 Å². The Bertz CT molecular complexity index is 327. The Hall–Kier alpha value is -1.62. The number of hydrogen-bond acceptors (Lipinski definition) is 4. The molecule has 0 aliphatic carbocycles. The molecule has 0 spiro atoms. The van der Waals surface area contributed by atoms with Crippen molar-refractivity contribution in [2.75, 3.05) is 12.6 Å². The summed E-state index contributed by atoms with van der Waals surface area (Å²) in [7, 11) is 1.20. The minimum absolute atomic E-state index is 0.0214. The van der Waals surface area contributed by atoms with Crippen LogP contribution in [0.25, 0.3) is 0 Å². The van der Waals surface area contributed by atoms with Crippen LogP contribution in [0.5, 0.6) is 0 Å². The lowest BCUT2D eigenvalue weighted by Gasteiger charge is -2.05. The molecule has 0 amide bonds. The van der Waals surface area contributed by atoms with E-state index in [1.807, 2.05) is 0 Å². The molecule has 0 atom stereocenters. The van der Waals surface area contributed by atoms with Gasteiger partial charge in [-0.05, 0) is 12.1 Å². The van der Waals surface area contributed by atoms with Gasteiger partial charge in [0.05, 0.1) is 18.4 Å². The van der Waals surface area contributed by atoms with E-state index in [2.05, 4.69) is 4.74 Å². The quantitative estimate of drug-likeness (QED) is 0.540. The van der Waals surface area contributed by atoms with Crippen molar-refractivity contribution < 1.29 is 19.1 Å². The van der Waals surface area contributed by atoms with Crippen LogP contribution in [-0.4, -0.2) is 18.3 Å². The van der Waals surface area contributed by atoms with Gasteiger partial charge in [0, 0.05) is 6.07 Å². The molecule has 5 heteroatoms. The average Bonchev–Trinajstić information content (AvgIpc) is 2.16. The summed E-state index contributed by atoms with van der Waals surface area (Å²) in [5.41, 5.74) is 1.76. The van der Waals surface area contributed by atoms with Crippen LogP contribution in [0.4, 0.5) is 10.1 Å². The molecule has 0 bridgehead atoms. The van der Waals surface area contributed by atoms with Gasteiger partial charge in [-0.3, -0.25) is 10.7 Å². The van der Waals surface area contributed by atoms with Crippen molar-refractivity contribution in [3.63, 3.8) is 0 Å². The number of halogens is 1. The van der Waals surface area contributed by atoms with Gasteiger partial charge < -0.3 is 4.74 Å². The van der Waals surface area contributed by atoms with Crippen LogP contribution in [0.15, 0.2) is 18.2 Å². The lowest BCUT2D eigenvalue weighted by Crippen LogP contribution is -2.06. The highest BCUT2D eigenvalue weighted by Gasteiger charge is 2.11. The van der Waals surface area contributed by atoms with E-state index in [0.717, 1.165) is 12.1 Å². The van der Waals surface area contributed by atoms with Gasteiger partial charge in [0.2, 0.25) is 0 Å². The van der Waals surface area contributed by atoms with Crippen molar-refractivity contribution in [2.24, 2.45) is 0 Å². The number of carbonyl (C=O) groups is 1. The summed E-state index contributed by atoms with van der Waals surface area (Å²) in [6.07, 6.45) is 0. The average molecular weight is 185 g/mol. The van der Waals surface area contributed by atoms with Crippen LogP contribution in [-0.2, 0) is 4.74 Å². The molecule has 2 N–H and O–H groups in total. The highest BCUT2D eigenvalue weighted by atomic mass is 19.1. The Morgan fingerprint density at radius 1 is 1.62 bits per heavy atom. The second kappa shape index (κ2) is 3.86. The van der Waals surface area contributed by atoms with Crippen molar-refractivity contribution in [2.45, 2.75) is 0 Å². The number of esters is 1. The van der Waals surface area contributed by atoms with Crippen molar-refractivity contribution in [3.8, 4) is 0 Å². The van der Waals surface area contributed by atoms with Gasteiger partial charge >= 0.3 is 5.97 Å². The van der Waals surface area contributed by atoms with Crippen LogP contribution < -0.4 is 5.48 Å². The largest absolute Gasteiger partial charge is 0.465 e. The third kappa shape index (κ3) is 1.94. The van der Waals surface area contributed by atoms with E-state index in [0.29, 0.717) is 0 Å². The molecule has 0 radical (unpaired) electrons. The molecule has 1 aromatic rings. The zero-order valence-corrected chi connectivity index (χ0v) is 6.87. The van der Waals surface area contributed by atoms with Crippen molar-refractivity contribution in [1.82, 2.24) is 0 Å². The zero-order chi connectivity index (χ0) is 9.84. The molecule has 1 aromatic carbocycles. The third-order valence-corrected chi connectivity index (χ3v) is 1.51. The Balaban J connectivity index is 3.13. The highest BCUT2D eigenvalue weighted by molar-refractivity contribution is 5.95. The first-order valence-electron chi connectivity index (χ1n) is 3.47. The first kappa shape index (κ1) is 9.47. The summed E-state index contributed by atoms with van der Waals surface area (Å²) in [5, 5.41) is 8.56. The number of hydrogen-bond donors (Lipinski definition) is 2. The Morgan fingerprint density at radius 3 is 2.85 bits per heavy atom. The maximum absolute atomic E-state index is 12.6. The number of rotatable bonds is 2. The number of ether oxygens (including phenoxy) is 1. The fourth-order valence-corrected chi connectivity index (χ4v) is 0.897. The summed E-state index contributed by atoms with van der Waals surface area (Å²) in [4.78, 5) is 11.0. The molecule has 0 fully saturated rings. The van der Waals surface area contributed by atoms with Gasteiger partial charge in [-0.15, -0.1) is 0 Å². The molecule has 0 aromatic heterocycles. The van der Waals surface area contributed by atoms with Gasteiger partial charge in [0.15, 0.2) is 0 Å². The molecule has 0 aliphatic heterocycles. The van der Waals surface area contributed by atoms with E-state index in [4.69, 9.17) is 5.21 Å². The first-order valence-corrected chi connectivity index (χ1v) is 3.47. The van der Waals surface area contributed by atoms with Gasteiger partial charge in [-0.2, -0.15) is 0 Å².